The lowest BCUT2D eigenvalue weighted by Gasteiger charge is -2.12. The number of furan rings is 1. The van der Waals surface area contributed by atoms with Gasteiger partial charge in [0, 0.05) is 23.3 Å². The number of aromatic nitrogens is 2. The Morgan fingerprint density at radius 2 is 1.61 bits per heavy atom. The maximum absolute atomic E-state index is 6.39. The van der Waals surface area contributed by atoms with Gasteiger partial charge in [0.1, 0.15) is 23.1 Å². The van der Waals surface area contributed by atoms with Crippen LogP contribution in [-0.2, 0) is 7.05 Å². The summed E-state index contributed by atoms with van der Waals surface area (Å²) in [6, 6.07) is 19.3. The molecule has 5 aromatic rings. The molecule has 0 saturated heterocycles. The number of imidazole rings is 1. The molecule has 0 bridgehead atoms. The molecule has 3 nitrogen and oxygen atoms in total. The van der Waals surface area contributed by atoms with Crippen LogP contribution in [0.1, 0.15) is 42.3 Å². The van der Waals surface area contributed by atoms with Gasteiger partial charge in [-0.15, -0.1) is 0 Å². The Kier molecular flexibility index (Phi) is 4.51. The van der Waals surface area contributed by atoms with E-state index in [-0.39, 0.29) is 0 Å². The van der Waals surface area contributed by atoms with Gasteiger partial charge in [-0.1, -0.05) is 62.4 Å². The monoisotopic (exact) mass is 409 g/mol. The molecule has 0 atom stereocenters. The average Bonchev–Trinajstić information content (AvgIpc) is 3.26. The number of benzene rings is 3. The predicted molar refractivity (Wildman–Crippen MR) is 128 cm³/mol. The average molecular weight is 410 g/mol. The van der Waals surface area contributed by atoms with Gasteiger partial charge >= 0.3 is 0 Å². The Hall–Kier alpha value is -3.33. The molecule has 0 radical (unpaired) electrons. The first-order chi connectivity index (χ1) is 14.9. The van der Waals surface area contributed by atoms with E-state index in [1.807, 2.05) is 12.1 Å². The topological polar surface area (TPSA) is 21.9 Å². The van der Waals surface area contributed by atoms with E-state index in [1.165, 1.54) is 39.0 Å². The molecular formula is C28H29N2O+. The largest absolute Gasteiger partial charge is 0.455 e. The molecule has 0 aliphatic heterocycles. The highest BCUT2D eigenvalue weighted by molar-refractivity contribution is 6.09. The third kappa shape index (κ3) is 2.91. The molecule has 156 valence electrons. The fraction of sp³-hybridized carbons (Fsp3) is 0.250. The van der Waals surface area contributed by atoms with E-state index in [2.05, 4.69) is 99.5 Å². The highest BCUT2D eigenvalue weighted by atomic mass is 16.3. The van der Waals surface area contributed by atoms with Crippen molar-refractivity contribution >= 4 is 21.9 Å². The quantitative estimate of drug-likeness (QED) is 0.297. The third-order valence-corrected chi connectivity index (χ3v) is 6.59. The highest BCUT2D eigenvalue weighted by Crippen LogP contribution is 2.38. The van der Waals surface area contributed by atoms with Crippen LogP contribution in [0, 0.1) is 20.8 Å². The summed E-state index contributed by atoms with van der Waals surface area (Å²) >= 11 is 0. The van der Waals surface area contributed by atoms with Crippen molar-refractivity contribution in [3.05, 3.63) is 83.3 Å². The SMILES string of the molecule is Cc1cccc(C(C)C)c1-[n+]1cc(-c2c(C)ccc3c2oc2ccccc23)n(C)c1C. The number of para-hydroxylation sites is 2. The molecule has 0 unspecified atom stereocenters. The first-order valence-electron chi connectivity index (χ1n) is 11.0. The molecule has 2 heterocycles. The van der Waals surface area contributed by atoms with Crippen molar-refractivity contribution in [3.8, 4) is 16.9 Å². The van der Waals surface area contributed by atoms with Crippen LogP contribution in [0.2, 0.25) is 0 Å². The molecule has 0 spiro atoms. The maximum Gasteiger partial charge on any atom is 0.258 e. The van der Waals surface area contributed by atoms with Gasteiger partial charge in [0.2, 0.25) is 0 Å². The highest BCUT2D eigenvalue weighted by Gasteiger charge is 2.27. The van der Waals surface area contributed by atoms with Crippen molar-refractivity contribution in [2.75, 3.05) is 0 Å². The summed E-state index contributed by atoms with van der Waals surface area (Å²) in [5.41, 5.74) is 9.38. The molecule has 3 aromatic carbocycles. The maximum atomic E-state index is 6.39. The Balaban J connectivity index is 1.82. The number of nitrogens with zero attached hydrogens (tertiary/aromatic N) is 2. The van der Waals surface area contributed by atoms with Gasteiger partial charge in [0.05, 0.1) is 12.6 Å². The summed E-state index contributed by atoms with van der Waals surface area (Å²) in [7, 11) is 2.15. The van der Waals surface area contributed by atoms with Gasteiger partial charge < -0.3 is 4.42 Å². The zero-order chi connectivity index (χ0) is 21.9. The Morgan fingerprint density at radius 1 is 0.839 bits per heavy atom. The minimum absolute atomic E-state index is 0.450. The van der Waals surface area contributed by atoms with Crippen molar-refractivity contribution in [2.24, 2.45) is 7.05 Å². The van der Waals surface area contributed by atoms with Crippen molar-refractivity contribution in [2.45, 2.75) is 40.5 Å². The second-order valence-electron chi connectivity index (χ2n) is 8.89. The molecule has 5 rings (SSSR count). The van der Waals surface area contributed by atoms with Crippen molar-refractivity contribution in [1.29, 1.82) is 0 Å². The summed E-state index contributed by atoms with van der Waals surface area (Å²) < 4.78 is 11.0. The van der Waals surface area contributed by atoms with E-state index in [1.54, 1.807) is 0 Å². The lowest BCUT2D eigenvalue weighted by molar-refractivity contribution is -0.603. The number of aryl methyl sites for hydroxylation is 2. The van der Waals surface area contributed by atoms with Gasteiger partial charge in [0.15, 0.2) is 5.69 Å². The molecule has 31 heavy (non-hydrogen) atoms. The number of hydrogen-bond donors (Lipinski definition) is 0. The van der Waals surface area contributed by atoms with Crippen LogP contribution in [-0.4, -0.2) is 4.57 Å². The van der Waals surface area contributed by atoms with E-state index < -0.39 is 0 Å². The minimum atomic E-state index is 0.450. The molecule has 0 N–H and O–H groups in total. The Morgan fingerprint density at radius 3 is 2.39 bits per heavy atom. The van der Waals surface area contributed by atoms with E-state index in [0.717, 1.165) is 22.4 Å². The fourth-order valence-corrected chi connectivity index (χ4v) is 4.78. The lowest BCUT2D eigenvalue weighted by Crippen LogP contribution is -2.35. The van der Waals surface area contributed by atoms with Gasteiger partial charge in [-0.25, -0.2) is 4.57 Å². The van der Waals surface area contributed by atoms with Crippen LogP contribution in [0.5, 0.6) is 0 Å². The smallest absolute Gasteiger partial charge is 0.258 e. The molecule has 2 aromatic heterocycles. The van der Waals surface area contributed by atoms with Gasteiger partial charge in [-0.2, -0.15) is 4.57 Å². The van der Waals surface area contributed by atoms with Crippen LogP contribution in [0.15, 0.2) is 65.2 Å². The third-order valence-electron chi connectivity index (χ3n) is 6.59. The minimum Gasteiger partial charge on any atom is -0.455 e. The molecule has 0 amide bonds. The Bertz CT molecular complexity index is 1450. The Labute approximate surface area is 183 Å². The van der Waals surface area contributed by atoms with Crippen LogP contribution in [0.25, 0.3) is 38.9 Å². The van der Waals surface area contributed by atoms with Crippen molar-refractivity contribution in [3.63, 3.8) is 0 Å². The van der Waals surface area contributed by atoms with Gasteiger partial charge in [-0.05, 0) is 37.0 Å². The van der Waals surface area contributed by atoms with Gasteiger partial charge in [-0.3, -0.25) is 0 Å². The zero-order valence-corrected chi connectivity index (χ0v) is 19.2. The second-order valence-corrected chi connectivity index (χ2v) is 8.89. The summed E-state index contributed by atoms with van der Waals surface area (Å²) in [4.78, 5) is 0. The van der Waals surface area contributed by atoms with E-state index >= 15 is 0 Å². The van der Waals surface area contributed by atoms with E-state index in [4.69, 9.17) is 4.42 Å². The summed E-state index contributed by atoms with van der Waals surface area (Å²) in [6.07, 6.45) is 2.28. The molecule has 0 aliphatic carbocycles. The lowest BCUT2D eigenvalue weighted by atomic mass is 9.98. The molecular weight excluding hydrogens is 380 g/mol. The zero-order valence-electron chi connectivity index (χ0n) is 19.2. The van der Waals surface area contributed by atoms with Crippen LogP contribution < -0.4 is 4.57 Å². The normalized spacial score (nSPS) is 11.8. The molecule has 0 aliphatic rings. The van der Waals surface area contributed by atoms with Crippen molar-refractivity contribution < 1.29 is 8.98 Å². The fourth-order valence-electron chi connectivity index (χ4n) is 4.78. The number of fused-ring (bicyclic) bond motifs is 3. The van der Waals surface area contributed by atoms with E-state index in [0.29, 0.717) is 5.92 Å². The standard InChI is InChI=1S/C28H29N2O/c1-17(2)21-12-9-10-19(4)27(21)30-16-24(29(6)20(30)5)26-18(3)14-15-23-22-11-7-8-13-25(22)31-28(23)26/h7-17H,1-6H3/q+1. The summed E-state index contributed by atoms with van der Waals surface area (Å²) in [5, 5.41) is 2.33. The number of hydrogen-bond acceptors (Lipinski definition) is 1. The first kappa shape index (κ1) is 19.6. The number of rotatable bonds is 3. The van der Waals surface area contributed by atoms with Crippen LogP contribution in [0.3, 0.4) is 0 Å². The molecule has 0 fully saturated rings. The molecule has 3 heteroatoms. The van der Waals surface area contributed by atoms with Crippen molar-refractivity contribution in [1.82, 2.24) is 4.57 Å². The molecule has 0 saturated carbocycles. The summed E-state index contributed by atoms with van der Waals surface area (Å²) in [6.45, 7) is 11.1. The first-order valence-corrected chi connectivity index (χ1v) is 11.0. The van der Waals surface area contributed by atoms with E-state index in [9.17, 15) is 0 Å². The van der Waals surface area contributed by atoms with Gasteiger partial charge in [0.25, 0.3) is 5.82 Å². The second kappa shape index (κ2) is 7.12. The van der Waals surface area contributed by atoms with Crippen LogP contribution in [0.4, 0.5) is 0 Å². The predicted octanol–water partition coefficient (Wildman–Crippen LogP) is 6.92. The summed E-state index contributed by atoms with van der Waals surface area (Å²) in [5.74, 6) is 1.64. The van der Waals surface area contributed by atoms with Crippen LogP contribution >= 0.6 is 0 Å².